The first-order chi connectivity index (χ1) is 19.5. The van der Waals surface area contributed by atoms with Crippen LogP contribution in [0.5, 0.6) is 11.5 Å². The molecule has 0 bridgehead atoms. The zero-order chi connectivity index (χ0) is 27.9. The van der Waals surface area contributed by atoms with E-state index in [4.69, 9.17) is 14.2 Å². The number of halogens is 1. The molecule has 1 aromatic heterocycles. The number of anilines is 1. The van der Waals surface area contributed by atoms with E-state index in [-0.39, 0.29) is 5.82 Å². The Balaban J connectivity index is 1.28. The number of nitrogens with zero attached hydrogens (tertiary/aromatic N) is 2. The number of fused-ring (bicyclic) bond motifs is 1. The fourth-order valence-corrected chi connectivity index (χ4v) is 5.83. The van der Waals surface area contributed by atoms with Gasteiger partial charge in [-0.1, -0.05) is 24.3 Å². The highest BCUT2D eigenvalue weighted by Crippen LogP contribution is 2.34. The zero-order valence-electron chi connectivity index (χ0n) is 22.8. The summed E-state index contributed by atoms with van der Waals surface area (Å²) in [6.45, 7) is 6.91. The van der Waals surface area contributed by atoms with Crippen molar-refractivity contribution >= 4 is 27.6 Å². The highest BCUT2D eigenvalue weighted by molar-refractivity contribution is 7.86. The number of methoxy groups -OCH3 is 1. The smallest absolute Gasteiger partial charge is 0.163 e. The summed E-state index contributed by atoms with van der Waals surface area (Å²) >= 11 is 0. The van der Waals surface area contributed by atoms with Crippen LogP contribution in [0.15, 0.2) is 71.8 Å². The summed E-state index contributed by atoms with van der Waals surface area (Å²) in [5, 5.41) is 0.877. The molecule has 1 fully saturated rings. The van der Waals surface area contributed by atoms with Crippen molar-refractivity contribution in [3.05, 3.63) is 89.4 Å². The molecule has 0 radical (unpaired) electrons. The molecule has 7 nitrogen and oxygen atoms in total. The molecule has 0 amide bonds. The molecule has 1 N–H and O–H groups in total. The van der Waals surface area contributed by atoms with Gasteiger partial charge < -0.3 is 18.9 Å². The molecule has 4 aromatic rings. The van der Waals surface area contributed by atoms with E-state index in [9.17, 15) is 4.21 Å². The van der Waals surface area contributed by atoms with Crippen molar-refractivity contribution in [2.24, 2.45) is 0 Å². The molecule has 3 aromatic carbocycles. The predicted molar refractivity (Wildman–Crippen MR) is 156 cm³/mol. The van der Waals surface area contributed by atoms with Crippen LogP contribution < -0.4 is 14.2 Å². The largest absolute Gasteiger partial charge is 0.493 e. The Hall–Kier alpha value is -3.53. The third-order valence-corrected chi connectivity index (χ3v) is 8.31. The second-order valence-corrected chi connectivity index (χ2v) is 10.9. The normalized spacial score (nSPS) is 14.7. The maximum Gasteiger partial charge on any atom is 0.163 e. The standard InChI is InChI=1S/C31H34FN3O4S/c1-22-6-3-4-7-31(22)40(36)34-25-9-8-24(27(32)19-25)18-23-10-11-33-28-21-30(29(37-2)20-26(23)28)39-15-5-12-35-13-16-38-17-14-35/h3-4,6-11,19-21,34H,5,12-18H2,1-2H3. The molecule has 1 atom stereocenters. The van der Waals surface area contributed by atoms with Crippen molar-refractivity contribution in [1.29, 1.82) is 0 Å². The van der Waals surface area contributed by atoms with Crippen LogP contribution in [-0.2, 0) is 22.1 Å². The fraction of sp³-hybridized carbons (Fsp3) is 0.323. The molecule has 1 aliphatic rings. The van der Waals surface area contributed by atoms with Gasteiger partial charge in [0.2, 0.25) is 0 Å². The van der Waals surface area contributed by atoms with E-state index in [0.717, 1.165) is 61.3 Å². The van der Waals surface area contributed by atoms with Gasteiger partial charge in [0.1, 0.15) is 5.82 Å². The van der Waals surface area contributed by atoms with Gasteiger partial charge in [-0.05, 0) is 60.4 Å². The predicted octanol–water partition coefficient (Wildman–Crippen LogP) is 5.52. The van der Waals surface area contributed by atoms with E-state index in [0.29, 0.717) is 40.7 Å². The Labute approximate surface area is 236 Å². The number of ether oxygens (including phenoxy) is 3. The number of nitrogens with one attached hydrogen (secondary N) is 1. The third kappa shape index (κ3) is 6.78. The number of morpholine rings is 1. The topological polar surface area (TPSA) is 72.9 Å². The first-order valence-electron chi connectivity index (χ1n) is 13.4. The Morgan fingerprint density at radius 3 is 2.65 bits per heavy atom. The molecular weight excluding hydrogens is 529 g/mol. The van der Waals surface area contributed by atoms with Crippen molar-refractivity contribution in [3.8, 4) is 11.5 Å². The van der Waals surface area contributed by atoms with E-state index >= 15 is 4.39 Å². The maximum atomic E-state index is 15.2. The third-order valence-electron chi connectivity index (χ3n) is 7.04. The summed E-state index contributed by atoms with van der Waals surface area (Å²) in [6.07, 6.45) is 3.00. The second kappa shape index (κ2) is 13.2. The van der Waals surface area contributed by atoms with Gasteiger partial charge in [0.15, 0.2) is 22.5 Å². The Bertz CT molecular complexity index is 1490. The summed E-state index contributed by atoms with van der Waals surface area (Å²) in [5.74, 6) is 0.889. The second-order valence-electron chi connectivity index (χ2n) is 9.77. The van der Waals surface area contributed by atoms with Gasteiger partial charge >= 0.3 is 0 Å². The molecule has 0 aliphatic carbocycles. The lowest BCUT2D eigenvalue weighted by atomic mass is 10.00. The van der Waals surface area contributed by atoms with Crippen molar-refractivity contribution in [3.63, 3.8) is 0 Å². The summed E-state index contributed by atoms with van der Waals surface area (Å²) in [4.78, 5) is 7.58. The number of hydrogen-bond acceptors (Lipinski definition) is 6. The van der Waals surface area contributed by atoms with Crippen molar-refractivity contribution in [1.82, 2.24) is 9.88 Å². The Morgan fingerprint density at radius 2 is 1.88 bits per heavy atom. The van der Waals surface area contributed by atoms with E-state index in [2.05, 4.69) is 14.6 Å². The molecule has 210 valence electrons. The SMILES string of the molecule is COc1cc2c(Cc3ccc(NS(=O)c4ccccc4C)cc3F)ccnc2cc1OCCCN1CCOCC1. The molecule has 1 unspecified atom stereocenters. The summed E-state index contributed by atoms with van der Waals surface area (Å²) in [7, 11) is 0.129. The summed E-state index contributed by atoms with van der Waals surface area (Å²) in [5.41, 5.74) is 3.58. The van der Waals surface area contributed by atoms with Gasteiger partial charge in [0, 0.05) is 49.4 Å². The van der Waals surface area contributed by atoms with E-state index in [1.807, 2.05) is 43.3 Å². The molecule has 0 spiro atoms. The molecular formula is C31H34FN3O4S. The highest BCUT2D eigenvalue weighted by Gasteiger charge is 2.15. The Kier molecular flexibility index (Phi) is 9.26. The van der Waals surface area contributed by atoms with Crippen LogP contribution in [-0.4, -0.2) is 60.7 Å². The van der Waals surface area contributed by atoms with Crippen LogP contribution in [0.3, 0.4) is 0 Å². The average Bonchev–Trinajstić information content (AvgIpc) is 2.97. The van der Waals surface area contributed by atoms with Crippen molar-refractivity contribution < 1.29 is 22.8 Å². The van der Waals surface area contributed by atoms with Crippen molar-refractivity contribution in [2.45, 2.75) is 24.7 Å². The average molecular weight is 564 g/mol. The van der Waals surface area contributed by atoms with Gasteiger partial charge in [0.25, 0.3) is 0 Å². The minimum absolute atomic E-state index is 0.370. The zero-order valence-corrected chi connectivity index (χ0v) is 23.6. The number of rotatable bonds is 11. The van der Waals surface area contributed by atoms with E-state index < -0.39 is 11.0 Å². The first kappa shape index (κ1) is 28.0. The van der Waals surface area contributed by atoms with Crippen LogP contribution in [0.25, 0.3) is 10.9 Å². The lowest BCUT2D eigenvalue weighted by Gasteiger charge is -2.26. The molecule has 40 heavy (non-hydrogen) atoms. The van der Waals surface area contributed by atoms with Crippen molar-refractivity contribution in [2.75, 3.05) is 51.3 Å². The minimum Gasteiger partial charge on any atom is -0.493 e. The Morgan fingerprint density at radius 1 is 1.05 bits per heavy atom. The first-order valence-corrected chi connectivity index (χ1v) is 14.6. The van der Waals surface area contributed by atoms with Crippen LogP contribution in [0.2, 0.25) is 0 Å². The van der Waals surface area contributed by atoms with Crippen LogP contribution in [0.1, 0.15) is 23.1 Å². The summed E-state index contributed by atoms with van der Waals surface area (Å²) < 4.78 is 48.0. The number of pyridine rings is 1. The van der Waals surface area contributed by atoms with Crippen LogP contribution >= 0.6 is 0 Å². The van der Waals surface area contributed by atoms with Gasteiger partial charge in [-0.2, -0.15) is 0 Å². The molecule has 1 aliphatic heterocycles. The summed E-state index contributed by atoms with van der Waals surface area (Å²) in [6, 6.07) is 18.0. The number of hydrogen-bond donors (Lipinski definition) is 1. The number of aromatic nitrogens is 1. The van der Waals surface area contributed by atoms with E-state index in [1.54, 1.807) is 31.5 Å². The van der Waals surface area contributed by atoms with Gasteiger partial charge in [-0.15, -0.1) is 0 Å². The molecule has 2 heterocycles. The van der Waals surface area contributed by atoms with E-state index in [1.165, 1.54) is 6.07 Å². The quantitative estimate of drug-likeness (QED) is 0.243. The molecule has 1 saturated heterocycles. The molecule has 0 saturated carbocycles. The molecule has 5 rings (SSSR count). The maximum absolute atomic E-state index is 15.2. The number of aryl methyl sites for hydroxylation is 1. The van der Waals surface area contributed by atoms with Gasteiger partial charge in [0.05, 0.1) is 37.3 Å². The van der Waals surface area contributed by atoms with Crippen LogP contribution in [0.4, 0.5) is 10.1 Å². The highest BCUT2D eigenvalue weighted by atomic mass is 32.2. The minimum atomic E-state index is -1.49. The molecule has 9 heteroatoms. The fourth-order valence-electron chi connectivity index (χ4n) is 4.82. The monoisotopic (exact) mass is 563 g/mol. The van der Waals surface area contributed by atoms with Gasteiger partial charge in [-0.3, -0.25) is 9.88 Å². The van der Waals surface area contributed by atoms with Crippen LogP contribution in [0, 0.1) is 12.7 Å². The number of benzene rings is 3. The lowest BCUT2D eigenvalue weighted by Crippen LogP contribution is -2.37. The van der Waals surface area contributed by atoms with Gasteiger partial charge in [-0.25, -0.2) is 8.60 Å². The lowest BCUT2D eigenvalue weighted by molar-refractivity contribution is 0.0357.